The Kier molecular flexibility index (Phi) is 7.77. The molecule has 0 atom stereocenters. The molecule has 0 saturated heterocycles. The molecule has 0 saturated carbocycles. The van der Waals surface area contributed by atoms with Crippen LogP contribution in [0.25, 0.3) is 0 Å². The highest BCUT2D eigenvalue weighted by atomic mass is 16.6. The molecule has 0 fully saturated rings. The minimum Gasteiger partial charge on any atom is -0.508 e. The number of ether oxygens (including phenoxy) is 3. The summed E-state index contributed by atoms with van der Waals surface area (Å²) < 4.78 is 14.3. The van der Waals surface area contributed by atoms with Gasteiger partial charge in [0.05, 0.1) is 49.9 Å². The van der Waals surface area contributed by atoms with Gasteiger partial charge in [0.1, 0.15) is 11.5 Å². The quantitative estimate of drug-likeness (QED) is 0.482. The number of rotatable bonds is 6. The van der Waals surface area contributed by atoms with Crippen molar-refractivity contribution in [2.45, 2.75) is 6.61 Å². The second kappa shape index (κ2) is 9.78. The number of phenols is 2. The van der Waals surface area contributed by atoms with Crippen molar-refractivity contribution in [1.29, 1.82) is 0 Å². The van der Waals surface area contributed by atoms with Crippen LogP contribution in [0.4, 0.5) is 11.4 Å². The van der Waals surface area contributed by atoms with E-state index in [-0.39, 0.29) is 29.5 Å². The van der Waals surface area contributed by atoms with Gasteiger partial charge < -0.3 is 29.5 Å². The van der Waals surface area contributed by atoms with Gasteiger partial charge in [-0.05, 0) is 6.07 Å². The number of aliphatic hydroxyl groups excluding tert-OH is 1. The third kappa shape index (κ3) is 5.11. The number of hydrogen-bond donors (Lipinski definition) is 3. The standard InChI is InChI=1S/C9H11NO5.C7H7NO5/c1-14-7-3-6(5-11)9(15-2)8(4-7)10(12)13;1-13-7-5(8(11)12)2-4(9)3-6(7)10/h3-4,11H,5H2,1-2H3;2-3,9-10H,1H3. The highest BCUT2D eigenvalue weighted by molar-refractivity contribution is 5.59. The lowest BCUT2D eigenvalue weighted by Gasteiger charge is -2.08. The molecule has 2 aromatic carbocycles. The lowest BCUT2D eigenvalue weighted by molar-refractivity contribution is -0.386. The number of methoxy groups -OCH3 is 3. The zero-order valence-electron chi connectivity index (χ0n) is 15.1. The lowest BCUT2D eigenvalue weighted by atomic mass is 10.1. The van der Waals surface area contributed by atoms with Crippen LogP contribution in [0.3, 0.4) is 0 Å². The Morgan fingerprint density at radius 3 is 1.82 bits per heavy atom. The van der Waals surface area contributed by atoms with E-state index in [1.54, 1.807) is 0 Å². The van der Waals surface area contributed by atoms with Crippen molar-refractivity contribution in [1.82, 2.24) is 0 Å². The number of nitro groups is 2. The van der Waals surface area contributed by atoms with E-state index >= 15 is 0 Å². The molecule has 0 aliphatic rings. The molecule has 28 heavy (non-hydrogen) atoms. The molecule has 3 N–H and O–H groups in total. The van der Waals surface area contributed by atoms with E-state index in [4.69, 9.17) is 24.8 Å². The Bertz CT molecular complexity index is 869. The topological polar surface area (TPSA) is 175 Å². The minimum atomic E-state index is -0.752. The number of aromatic hydroxyl groups is 2. The average molecular weight is 398 g/mol. The van der Waals surface area contributed by atoms with Gasteiger partial charge in [0.15, 0.2) is 5.75 Å². The first-order valence-electron chi connectivity index (χ1n) is 7.44. The summed E-state index contributed by atoms with van der Waals surface area (Å²) in [6, 6.07) is 4.61. The molecule has 0 aliphatic carbocycles. The van der Waals surface area contributed by atoms with Crippen molar-refractivity contribution in [3.8, 4) is 28.7 Å². The maximum absolute atomic E-state index is 10.7. The van der Waals surface area contributed by atoms with Gasteiger partial charge in [-0.3, -0.25) is 20.2 Å². The maximum atomic E-state index is 10.7. The van der Waals surface area contributed by atoms with Crippen LogP contribution in [0.5, 0.6) is 28.7 Å². The molecule has 12 heteroatoms. The highest BCUT2D eigenvalue weighted by Gasteiger charge is 2.21. The summed E-state index contributed by atoms with van der Waals surface area (Å²) in [6.07, 6.45) is 0. The predicted octanol–water partition coefficient (Wildman–Crippen LogP) is 2.12. The first-order chi connectivity index (χ1) is 13.2. The summed E-state index contributed by atoms with van der Waals surface area (Å²) in [5.74, 6) is -0.739. The molecule has 0 heterocycles. The zero-order chi connectivity index (χ0) is 21.4. The summed E-state index contributed by atoms with van der Waals surface area (Å²) in [5.41, 5.74) is -0.371. The zero-order valence-corrected chi connectivity index (χ0v) is 15.1. The third-order valence-corrected chi connectivity index (χ3v) is 3.36. The van der Waals surface area contributed by atoms with Crippen molar-refractivity contribution in [3.05, 3.63) is 50.1 Å². The first-order valence-corrected chi connectivity index (χ1v) is 7.44. The van der Waals surface area contributed by atoms with Crippen LogP contribution < -0.4 is 14.2 Å². The van der Waals surface area contributed by atoms with E-state index in [1.165, 1.54) is 33.5 Å². The van der Waals surface area contributed by atoms with Gasteiger partial charge in [0.25, 0.3) is 0 Å². The van der Waals surface area contributed by atoms with Crippen LogP contribution in [0.2, 0.25) is 0 Å². The van der Waals surface area contributed by atoms with Crippen LogP contribution >= 0.6 is 0 Å². The van der Waals surface area contributed by atoms with Crippen LogP contribution in [0.1, 0.15) is 5.56 Å². The van der Waals surface area contributed by atoms with Crippen molar-refractivity contribution >= 4 is 11.4 Å². The Morgan fingerprint density at radius 1 is 0.857 bits per heavy atom. The number of nitro benzene ring substituents is 2. The summed E-state index contributed by atoms with van der Waals surface area (Å²) >= 11 is 0. The number of nitrogens with zero attached hydrogens (tertiary/aromatic N) is 2. The van der Waals surface area contributed by atoms with Crippen LogP contribution in [-0.4, -0.2) is 46.5 Å². The molecular formula is C16H18N2O10. The molecule has 0 bridgehead atoms. The number of benzene rings is 2. The van der Waals surface area contributed by atoms with Crippen LogP contribution in [0.15, 0.2) is 24.3 Å². The van der Waals surface area contributed by atoms with E-state index in [0.29, 0.717) is 11.3 Å². The summed E-state index contributed by atoms with van der Waals surface area (Å²) in [5, 5.41) is 48.2. The van der Waals surface area contributed by atoms with Crippen LogP contribution in [0, 0.1) is 20.2 Å². The van der Waals surface area contributed by atoms with Crippen LogP contribution in [-0.2, 0) is 6.61 Å². The Balaban J connectivity index is 0.000000283. The molecule has 0 aromatic heterocycles. The predicted molar refractivity (Wildman–Crippen MR) is 95.1 cm³/mol. The fourth-order valence-corrected chi connectivity index (χ4v) is 2.18. The smallest absolute Gasteiger partial charge is 0.318 e. The van der Waals surface area contributed by atoms with Crippen molar-refractivity contribution in [3.63, 3.8) is 0 Å². The minimum absolute atomic E-state index is 0.0586. The number of hydrogen-bond acceptors (Lipinski definition) is 10. The van der Waals surface area contributed by atoms with Crippen molar-refractivity contribution in [2.75, 3.05) is 21.3 Å². The maximum Gasteiger partial charge on any atom is 0.318 e. The van der Waals surface area contributed by atoms with Crippen molar-refractivity contribution < 1.29 is 39.4 Å². The molecule has 0 aliphatic heterocycles. The average Bonchev–Trinajstić information content (AvgIpc) is 2.66. The summed E-state index contributed by atoms with van der Waals surface area (Å²) in [6.45, 7) is -0.346. The van der Waals surface area contributed by atoms with Gasteiger partial charge in [-0.15, -0.1) is 0 Å². The second-order valence-corrected chi connectivity index (χ2v) is 5.03. The largest absolute Gasteiger partial charge is 0.508 e. The molecule has 12 nitrogen and oxygen atoms in total. The molecule has 152 valence electrons. The molecule has 0 unspecified atom stereocenters. The molecule has 2 aromatic rings. The molecule has 2 rings (SSSR count). The summed E-state index contributed by atoms with van der Waals surface area (Å²) in [4.78, 5) is 19.8. The number of aliphatic hydroxyl groups is 1. The van der Waals surface area contributed by atoms with E-state index in [2.05, 4.69) is 4.74 Å². The monoisotopic (exact) mass is 398 g/mol. The summed E-state index contributed by atoms with van der Waals surface area (Å²) in [7, 11) is 3.90. The van der Waals surface area contributed by atoms with Gasteiger partial charge in [-0.2, -0.15) is 0 Å². The Hall–Kier alpha value is -3.80. The normalized spacial score (nSPS) is 9.71. The fraction of sp³-hybridized carbons (Fsp3) is 0.250. The van der Waals surface area contributed by atoms with Gasteiger partial charge in [0, 0.05) is 11.6 Å². The van der Waals surface area contributed by atoms with Gasteiger partial charge >= 0.3 is 11.4 Å². The molecule has 0 amide bonds. The third-order valence-electron chi connectivity index (χ3n) is 3.36. The van der Waals surface area contributed by atoms with Gasteiger partial charge in [0.2, 0.25) is 11.5 Å². The highest BCUT2D eigenvalue weighted by Crippen LogP contribution is 2.39. The Morgan fingerprint density at radius 2 is 1.39 bits per heavy atom. The fourth-order valence-electron chi connectivity index (χ4n) is 2.18. The lowest BCUT2D eigenvalue weighted by Crippen LogP contribution is -1.99. The molecule has 0 spiro atoms. The van der Waals surface area contributed by atoms with Gasteiger partial charge in [-0.1, -0.05) is 0 Å². The van der Waals surface area contributed by atoms with Gasteiger partial charge in [-0.25, -0.2) is 0 Å². The first kappa shape index (κ1) is 22.2. The molecular weight excluding hydrogens is 380 g/mol. The van der Waals surface area contributed by atoms with E-state index < -0.39 is 21.3 Å². The van der Waals surface area contributed by atoms with E-state index in [9.17, 15) is 20.2 Å². The van der Waals surface area contributed by atoms with E-state index in [1.807, 2.05) is 0 Å². The SMILES string of the molecule is COc1c(O)cc(O)cc1[N+](=O)[O-].COc1cc(CO)c(OC)c([N+](=O)[O-])c1. The van der Waals surface area contributed by atoms with E-state index in [0.717, 1.165) is 12.1 Å². The number of phenolic OH excluding ortho intramolecular Hbond substituents is 2. The van der Waals surface area contributed by atoms with Crippen molar-refractivity contribution in [2.24, 2.45) is 0 Å². The Labute approximate surface area is 158 Å². The molecule has 0 radical (unpaired) electrons. The second-order valence-electron chi connectivity index (χ2n) is 5.03.